The predicted molar refractivity (Wildman–Crippen MR) is 201 cm³/mol. The fourth-order valence-electron chi connectivity index (χ4n) is 6.83. The summed E-state index contributed by atoms with van der Waals surface area (Å²) in [7, 11) is -1.41. The minimum atomic E-state index is -4.33. The Bertz CT molecular complexity index is 1900. The number of aryl methyl sites for hydroxylation is 3. The van der Waals surface area contributed by atoms with Gasteiger partial charge in [0.25, 0.3) is 10.0 Å². The third-order valence-electron chi connectivity index (χ3n) is 9.37. The van der Waals surface area contributed by atoms with Crippen molar-refractivity contribution in [2.45, 2.75) is 82.8 Å². The fourth-order valence-corrected chi connectivity index (χ4v) is 8.25. The summed E-state index contributed by atoms with van der Waals surface area (Å²) in [6, 6.07) is 26.4. The molecule has 4 aromatic carbocycles. The van der Waals surface area contributed by atoms with Crippen LogP contribution >= 0.6 is 0 Å². The van der Waals surface area contributed by atoms with Crippen molar-refractivity contribution < 1.29 is 27.5 Å². The number of amides is 2. The molecule has 1 N–H and O–H groups in total. The number of rotatable bonds is 14. The number of benzene rings is 4. The second-order valence-electron chi connectivity index (χ2n) is 13.4. The van der Waals surface area contributed by atoms with E-state index in [-0.39, 0.29) is 35.6 Å². The van der Waals surface area contributed by atoms with Gasteiger partial charge in [-0.3, -0.25) is 13.9 Å². The van der Waals surface area contributed by atoms with Crippen molar-refractivity contribution in [3.8, 4) is 11.5 Å². The van der Waals surface area contributed by atoms with E-state index in [0.29, 0.717) is 11.4 Å². The van der Waals surface area contributed by atoms with Crippen LogP contribution in [0.25, 0.3) is 0 Å². The second kappa shape index (κ2) is 16.9. The third-order valence-corrected chi connectivity index (χ3v) is 11.1. The van der Waals surface area contributed by atoms with Gasteiger partial charge in [-0.15, -0.1) is 0 Å². The summed E-state index contributed by atoms with van der Waals surface area (Å²) < 4.78 is 41.2. The predicted octanol–water partition coefficient (Wildman–Crippen LogP) is 6.91. The summed E-state index contributed by atoms with van der Waals surface area (Å²) >= 11 is 0. The van der Waals surface area contributed by atoms with Crippen LogP contribution in [0.3, 0.4) is 0 Å². The summed E-state index contributed by atoms with van der Waals surface area (Å²) in [5, 5.41) is 3.26. The average Bonchev–Trinajstić information content (AvgIpc) is 3.12. The Hall–Kier alpha value is -4.83. The van der Waals surface area contributed by atoms with Crippen LogP contribution < -0.4 is 19.1 Å². The van der Waals surface area contributed by atoms with Gasteiger partial charge < -0.3 is 19.7 Å². The quantitative estimate of drug-likeness (QED) is 0.152. The zero-order valence-corrected chi connectivity index (χ0v) is 31.0. The number of methoxy groups -OCH3 is 2. The van der Waals surface area contributed by atoms with Gasteiger partial charge in [-0.1, -0.05) is 85.5 Å². The van der Waals surface area contributed by atoms with Crippen molar-refractivity contribution >= 4 is 27.5 Å². The van der Waals surface area contributed by atoms with E-state index in [0.717, 1.165) is 64.2 Å². The summed E-state index contributed by atoms with van der Waals surface area (Å²) in [6.07, 6.45) is 5.26. The number of ether oxygens (including phenoxy) is 2. The number of nitrogens with zero attached hydrogens (tertiary/aromatic N) is 2. The lowest BCUT2D eigenvalue weighted by Crippen LogP contribution is -2.55. The molecule has 1 fully saturated rings. The molecule has 2 amide bonds. The van der Waals surface area contributed by atoms with Gasteiger partial charge in [-0.2, -0.15) is 0 Å². The minimum absolute atomic E-state index is 0.0256. The minimum Gasteiger partial charge on any atom is -0.493 e. The number of hydrogen-bond donors (Lipinski definition) is 1. The topological polar surface area (TPSA) is 105 Å². The van der Waals surface area contributed by atoms with E-state index in [1.807, 2.05) is 81.4 Å². The van der Waals surface area contributed by atoms with Gasteiger partial charge >= 0.3 is 0 Å². The highest BCUT2D eigenvalue weighted by Gasteiger charge is 2.36. The highest BCUT2D eigenvalue weighted by molar-refractivity contribution is 7.92. The smallest absolute Gasteiger partial charge is 0.264 e. The maximum Gasteiger partial charge on any atom is 0.264 e. The van der Waals surface area contributed by atoms with E-state index < -0.39 is 28.5 Å². The Morgan fingerprint density at radius 2 is 1.43 bits per heavy atom. The largest absolute Gasteiger partial charge is 0.493 e. The molecule has 0 aliphatic heterocycles. The number of sulfonamides is 1. The third kappa shape index (κ3) is 9.49. The average molecular weight is 712 g/mol. The fraction of sp³-hybridized carbons (Fsp3) is 0.366. The molecule has 0 radical (unpaired) electrons. The van der Waals surface area contributed by atoms with Crippen LogP contribution in [0.1, 0.15) is 59.9 Å². The molecule has 4 aromatic rings. The van der Waals surface area contributed by atoms with Crippen LogP contribution in [-0.4, -0.2) is 58.0 Å². The van der Waals surface area contributed by atoms with Gasteiger partial charge in [0.15, 0.2) is 11.5 Å². The van der Waals surface area contributed by atoms with Crippen LogP contribution in [0.4, 0.5) is 5.69 Å². The molecule has 0 saturated heterocycles. The number of anilines is 1. The summed E-state index contributed by atoms with van der Waals surface area (Å²) in [5.74, 6) is -0.122. The van der Waals surface area contributed by atoms with E-state index in [2.05, 4.69) is 5.32 Å². The van der Waals surface area contributed by atoms with Gasteiger partial charge in [0, 0.05) is 25.1 Å². The van der Waals surface area contributed by atoms with Gasteiger partial charge in [0.05, 0.1) is 24.8 Å². The highest BCUT2D eigenvalue weighted by atomic mass is 32.2. The molecule has 9 nitrogen and oxygen atoms in total. The number of carbonyl (C=O) groups is 2. The number of carbonyl (C=O) groups excluding carboxylic acids is 2. The Labute approximate surface area is 302 Å². The van der Waals surface area contributed by atoms with Gasteiger partial charge in [0.1, 0.15) is 12.6 Å². The van der Waals surface area contributed by atoms with Gasteiger partial charge in [0.2, 0.25) is 11.8 Å². The Balaban J connectivity index is 1.60. The summed E-state index contributed by atoms with van der Waals surface area (Å²) in [4.78, 5) is 30.8. The standard InChI is InChI=1S/C41H49N3O6S/c1-29-13-12-16-33(22-29)27-43(37(25-32-14-8-6-9-15-32)41(46)42-34-17-10-7-11-18-34)40(45)28-44(35-23-30(2)21-31(3)24-35)51(47,48)36-19-20-38(49-4)39(26-36)50-5/h6,8-9,12-16,19-24,26,34,37H,7,10-11,17-18,25,27-28H2,1-5H3,(H,42,46). The van der Waals surface area contributed by atoms with E-state index >= 15 is 0 Å². The Morgan fingerprint density at radius 3 is 2.08 bits per heavy atom. The van der Waals surface area contributed by atoms with Crippen LogP contribution in [0, 0.1) is 20.8 Å². The molecular weight excluding hydrogens is 663 g/mol. The van der Waals surface area contributed by atoms with E-state index in [9.17, 15) is 18.0 Å². The molecule has 270 valence electrons. The van der Waals surface area contributed by atoms with Crippen LogP contribution in [-0.2, 0) is 32.6 Å². The van der Waals surface area contributed by atoms with Crippen molar-refractivity contribution in [3.63, 3.8) is 0 Å². The first-order valence-electron chi connectivity index (χ1n) is 17.5. The van der Waals surface area contributed by atoms with Crippen LogP contribution in [0.5, 0.6) is 11.5 Å². The first-order chi connectivity index (χ1) is 24.5. The maximum atomic E-state index is 14.9. The van der Waals surface area contributed by atoms with Gasteiger partial charge in [-0.05, 0) is 80.1 Å². The Morgan fingerprint density at radius 1 is 0.765 bits per heavy atom. The van der Waals surface area contributed by atoms with Crippen LogP contribution in [0.2, 0.25) is 0 Å². The molecular formula is C41H49N3O6S. The van der Waals surface area contributed by atoms with Gasteiger partial charge in [-0.25, -0.2) is 8.42 Å². The maximum absolute atomic E-state index is 14.9. The SMILES string of the molecule is COc1ccc(S(=O)(=O)N(CC(=O)N(Cc2cccc(C)c2)C(Cc2ccccc2)C(=O)NC2CCCCC2)c2cc(C)cc(C)c2)cc1OC. The van der Waals surface area contributed by atoms with Crippen molar-refractivity contribution in [2.75, 3.05) is 25.1 Å². The number of nitrogens with one attached hydrogen (secondary N) is 1. The summed E-state index contributed by atoms with van der Waals surface area (Å²) in [6.45, 7) is 5.33. The molecule has 0 heterocycles. The lowest BCUT2D eigenvalue weighted by molar-refractivity contribution is -0.140. The van der Waals surface area contributed by atoms with Crippen molar-refractivity contribution in [3.05, 3.63) is 119 Å². The lowest BCUT2D eigenvalue weighted by atomic mass is 9.94. The van der Waals surface area contributed by atoms with E-state index in [1.165, 1.54) is 32.4 Å². The molecule has 51 heavy (non-hydrogen) atoms. The molecule has 1 atom stereocenters. The first kappa shape index (κ1) is 37.4. The summed E-state index contributed by atoms with van der Waals surface area (Å²) in [5.41, 5.74) is 4.78. The Kier molecular flexibility index (Phi) is 12.4. The molecule has 1 saturated carbocycles. The highest BCUT2D eigenvalue weighted by Crippen LogP contribution is 2.33. The molecule has 1 aliphatic rings. The zero-order chi connectivity index (χ0) is 36.5. The first-order valence-corrected chi connectivity index (χ1v) is 18.9. The molecule has 10 heteroatoms. The molecule has 1 unspecified atom stereocenters. The van der Waals surface area contributed by atoms with Crippen LogP contribution in [0.15, 0.2) is 95.9 Å². The number of hydrogen-bond acceptors (Lipinski definition) is 6. The molecule has 1 aliphatic carbocycles. The van der Waals surface area contributed by atoms with E-state index in [4.69, 9.17) is 9.47 Å². The molecule has 0 spiro atoms. The molecule has 0 bridgehead atoms. The second-order valence-corrected chi connectivity index (χ2v) is 15.3. The van der Waals surface area contributed by atoms with Crippen molar-refractivity contribution in [1.82, 2.24) is 10.2 Å². The van der Waals surface area contributed by atoms with E-state index in [1.54, 1.807) is 17.0 Å². The monoisotopic (exact) mass is 711 g/mol. The molecule has 0 aromatic heterocycles. The normalized spacial score (nSPS) is 14.0. The lowest BCUT2D eigenvalue weighted by Gasteiger charge is -2.35. The molecule has 5 rings (SSSR count). The zero-order valence-electron chi connectivity index (χ0n) is 30.2. The van der Waals surface area contributed by atoms with Crippen molar-refractivity contribution in [1.29, 1.82) is 0 Å². The van der Waals surface area contributed by atoms with Crippen molar-refractivity contribution in [2.24, 2.45) is 0 Å².